The quantitative estimate of drug-likeness (QED) is 0.219. The standard InChI is InChI=1S/C30H46N2O6/c1-21(2)26(30(35)32-25(18-33)15-23-9-6-5-7-10-23)17-28(34)27(31)20-37-19-24-12-11-22(3)29(16-24)38-14-8-13-36-4/h5-7,9-12,16,21,25-28,33-34H,8,13-15,17-20,31H2,1-4H3,(H,32,35)/t25-,26-,27-,28-/m0/s1. The number of aliphatic hydroxyl groups excluding tert-OH is 2. The zero-order valence-corrected chi connectivity index (χ0v) is 23.3. The van der Waals surface area contributed by atoms with Gasteiger partial charge in [0.1, 0.15) is 5.75 Å². The van der Waals surface area contributed by atoms with E-state index >= 15 is 0 Å². The summed E-state index contributed by atoms with van der Waals surface area (Å²) in [6.07, 6.45) is 0.643. The average molecular weight is 531 g/mol. The summed E-state index contributed by atoms with van der Waals surface area (Å²) < 4.78 is 16.7. The molecule has 4 atom stereocenters. The number of nitrogens with two attached hydrogens (primary N) is 1. The minimum Gasteiger partial charge on any atom is -0.493 e. The molecule has 2 aromatic rings. The van der Waals surface area contributed by atoms with Gasteiger partial charge in [-0.1, -0.05) is 56.3 Å². The first-order chi connectivity index (χ1) is 18.2. The Bertz CT molecular complexity index is 940. The van der Waals surface area contributed by atoms with Crippen LogP contribution in [-0.4, -0.2) is 67.8 Å². The Morgan fingerprint density at radius 3 is 2.47 bits per heavy atom. The number of benzene rings is 2. The number of aryl methyl sites for hydroxylation is 1. The molecular weight excluding hydrogens is 484 g/mol. The van der Waals surface area contributed by atoms with Crippen molar-refractivity contribution in [3.8, 4) is 5.75 Å². The first-order valence-electron chi connectivity index (χ1n) is 13.4. The number of ether oxygens (including phenoxy) is 3. The molecule has 0 aliphatic carbocycles. The Balaban J connectivity index is 1.84. The predicted octanol–water partition coefficient (Wildman–Crippen LogP) is 3.00. The highest BCUT2D eigenvalue weighted by atomic mass is 16.5. The van der Waals surface area contributed by atoms with Crippen LogP contribution in [0.25, 0.3) is 0 Å². The summed E-state index contributed by atoms with van der Waals surface area (Å²) in [5, 5.41) is 23.5. The molecule has 0 spiro atoms. The summed E-state index contributed by atoms with van der Waals surface area (Å²) in [7, 11) is 1.67. The van der Waals surface area contributed by atoms with Gasteiger partial charge in [-0.2, -0.15) is 0 Å². The maximum absolute atomic E-state index is 13.0. The summed E-state index contributed by atoms with van der Waals surface area (Å²) in [6, 6.07) is 14.6. The number of rotatable bonds is 18. The van der Waals surface area contributed by atoms with Crippen LogP contribution >= 0.6 is 0 Å². The topological polar surface area (TPSA) is 123 Å². The van der Waals surface area contributed by atoms with Gasteiger partial charge in [0.05, 0.1) is 44.6 Å². The summed E-state index contributed by atoms with van der Waals surface area (Å²) in [5.41, 5.74) is 9.25. The van der Waals surface area contributed by atoms with Crippen molar-refractivity contribution < 1.29 is 29.2 Å². The number of carbonyl (C=O) groups excluding carboxylic acids is 1. The van der Waals surface area contributed by atoms with Crippen LogP contribution in [0.4, 0.5) is 0 Å². The summed E-state index contributed by atoms with van der Waals surface area (Å²) in [4.78, 5) is 13.0. The number of methoxy groups -OCH3 is 1. The third kappa shape index (κ3) is 11.1. The van der Waals surface area contributed by atoms with Gasteiger partial charge in [-0.05, 0) is 48.4 Å². The molecule has 0 bridgehead atoms. The van der Waals surface area contributed by atoms with Gasteiger partial charge in [-0.3, -0.25) is 4.79 Å². The Labute approximate surface area is 227 Å². The van der Waals surface area contributed by atoms with Crippen molar-refractivity contribution in [2.45, 2.75) is 64.8 Å². The van der Waals surface area contributed by atoms with Crippen LogP contribution in [0.3, 0.4) is 0 Å². The monoisotopic (exact) mass is 530 g/mol. The van der Waals surface area contributed by atoms with Gasteiger partial charge in [-0.15, -0.1) is 0 Å². The molecule has 0 saturated carbocycles. The van der Waals surface area contributed by atoms with E-state index in [1.807, 2.05) is 69.3 Å². The highest BCUT2D eigenvalue weighted by Crippen LogP contribution is 2.22. The van der Waals surface area contributed by atoms with Crippen LogP contribution < -0.4 is 15.8 Å². The van der Waals surface area contributed by atoms with Crippen molar-refractivity contribution in [2.75, 3.05) is 33.5 Å². The molecule has 2 aromatic carbocycles. The molecule has 212 valence electrons. The fraction of sp³-hybridized carbons (Fsp3) is 0.567. The molecule has 0 aliphatic rings. The molecule has 0 radical (unpaired) electrons. The molecule has 0 fully saturated rings. The number of hydrogen-bond acceptors (Lipinski definition) is 7. The third-order valence-electron chi connectivity index (χ3n) is 6.60. The lowest BCUT2D eigenvalue weighted by Crippen LogP contribution is -2.47. The predicted molar refractivity (Wildman–Crippen MR) is 149 cm³/mol. The van der Waals surface area contributed by atoms with Crippen molar-refractivity contribution in [2.24, 2.45) is 17.6 Å². The van der Waals surface area contributed by atoms with Crippen LogP contribution in [0.15, 0.2) is 48.5 Å². The maximum atomic E-state index is 13.0. The molecule has 0 heterocycles. The second kappa shape index (κ2) is 17.2. The fourth-order valence-corrected chi connectivity index (χ4v) is 4.18. The van der Waals surface area contributed by atoms with E-state index in [1.165, 1.54) is 0 Å². The van der Waals surface area contributed by atoms with Crippen LogP contribution in [-0.2, 0) is 27.3 Å². The molecule has 5 N–H and O–H groups in total. The van der Waals surface area contributed by atoms with Gasteiger partial charge in [0.25, 0.3) is 0 Å². The Kier molecular flexibility index (Phi) is 14.3. The van der Waals surface area contributed by atoms with Crippen molar-refractivity contribution in [3.63, 3.8) is 0 Å². The van der Waals surface area contributed by atoms with E-state index in [0.29, 0.717) is 26.2 Å². The fourth-order valence-electron chi connectivity index (χ4n) is 4.18. The molecule has 1 amide bonds. The van der Waals surface area contributed by atoms with E-state index in [2.05, 4.69) is 5.32 Å². The first kappa shape index (κ1) is 31.7. The maximum Gasteiger partial charge on any atom is 0.223 e. The van der Waals surface area contributed by atoms with Gasteiger partial charge in [0.2, 0.25) is 5.91 Å². The van der Waals surface area contributed by atoms with E-state index in [0.717, 1.165) is 28.9 Å². The molecule has 0 unspecified atom stereocenters. The zero-order valence-electron chi connectivity index (χ0n) is 23.3. The van der Waals surface area contributed by atoms with Crippen molar-refractivity contribution in [3.05, 3.63) is 65.2 Å². The largest absolute Gasteiger partial charge is 0.493 e. The number of nitrogens with one attached hydrogen (secondary N) is 1. The smallest absolute Gasteiger partial charge is 0.223 e. The normalized spacial score (nSPS) is 14.6. The lowest BCUT2D eigenvalue weighted by molar-refractivity contribution is -0.128. The van der Waals surface area contributed by atoms with Crippen LogP contribution in [0.5, 0.6) is 5.75 Å². The Morgan fingerprint density at radius 1 is 1.08 bits per heavy atom. The third-order valence-corrected chi connectivity index (χ3v) is 6.60. The number of amides is 1. The molecule has 0 aromatic heterocycles. The number of aliphatic hydroxyl groups is 2. The Morgan fingerprint density at radius 2 is 1.82 bits per heavy atom. The molecule has 2 rings (SSSR count). The molecule has 0 saturated heterocycles. The first-order valence-corrected chi connectivity index (χ1v) is 13.4. The molecule has 8 heteroatoms. The van der Waals surface area contributed by atoms with Gasteiger partial charge in [0.15, 0.2) is 0 Å². The molecule has 8 nitrogen and oxygen atoms in total. The summed E-state index contributed by atoms with van der Waals surface area (Å²) in [6.45, 7) is 7.42. The van der Waals surface area contributed by atoms with E-state index in [-0.39, 0.29) is 31.5 Å². The van der Waals surface area contributed by atoms with Gasteiger partial charge < -0.3 is 35.5 Å². The van der Waals surface area contributed by atoms with E-state index in [4.69, 9.17) is 19.9 Å². The van der Waals surface area contributed by atoms with E-state index in [1.54, 1.807) is 7.11 Å². The van der Waals surface area contributed by atoms with E-state index < -0.39 is 24.1 Å². The van der Waals surface area contributed by atoms with Crippen LogP contribution in [0, 0.1) is 18.8 Å². The number of carbonyl (C=O) groups is 1. The molecule has 0 aliphatic heterocycles. The molecular formula is C30H46N2O6. The van der Waals surface area contributed by atoms with E-state index in [9.17, 15) is 15.0 Å². The highest BCUT2D eigenvalue weighted by molar-refractivity contribution is 5.79. The van der Waals surface area contributed by atoms with Gasteiger partial charge >= 0.3 is 0 Å². The number of hydrogen-bond donors (Lipinski definition) is 4. The van der Waals surface area contributed by atoms with Crippen LogP contribution in [0.2, 0.25) is 0 Å². The highest BCUT2D eigenvalue weighted by Gasteiger charge is 2.29. The van der Waals surface area contributed by atoms with Crippen molar-refractivity contribution in [1.82, 2.24) is 5.32 Å². The van der Waals surface area contributed by atoms with Gasteiger partial charge in [0, 0.05) is 26.1 Å². The Hall–Kier alpha value is -2.49. The minimum absolute atomic E-state index is 0.0105. The molecule has 38 heavy (non-hydrogen) atoms. The summed E-state index contributed by atoms with van der Waals surface area (Å²) in [5.74, 6) is 0.157. The zero-order chi connectivity index (χ0) is 27.9. The minimum atomic E-state index is -0.910. The second-order valence-electron chi connectivity index (χ2n) is 10.2. The van der Waals surface area contributed by atoms with Crippen molar-refractivity contribution >= 4 is 5.91 Å². The van der Waals surface area contributed by atoms with Crippen LogP contribution in [0.1, 0.15) is 43.4 Å². The second-order valence-corrected chi connectivity index (χ2v) is 10.2. The SMILES string of the molecule is COCCCOc1cc(COC[C@H](N)[C@@H](O)C[C@H](C(=O)N[C@H](CO)Cc2ccccc2)C(C)C)ccc1C. The van der Waals surface area contributed by atoms with Gasteiger partial charge in [-0.25, -0.2) is 0 Å². The van der Waals surface area contributed by atoms with Crippen molar-refractivity contribution in [1.29, 1.82) is 0 Å². The lowest BCUT2D eigenvalue weighted by Gasteiger charge is -2.28. The lowest BCUT2D eigenvalue weighted by atomic mass is 9.87. The average Bonchev–Trinajstić information content (AvgIpc) is 2.90. The summed E-state index contributed by atoms with van der Waals surface area (Å²) >= 11 is 0.